The summed E-state index contributed by atoms with van der Waals surface area (Å²) in [5.41, 5.74) is 12.0. The zero-order valence-electron chi connectivity index (χ0n) is 28.4. The Morgan fingerprint density at radius 2 is 0.698 bits per heavy atom. The minimum absolute atomic E-state index is 0.603. The molecule has 6 heteroatoms. The fraction of sp³-hybridized carbons (Fsp3) is 0. The molecule has 6 nitrogen and oxygen atoms in total. The van der Waals surface area contributed by atoms with Crippen LogP contribution < -0.4 is 0 Å². The molecule has 0 amide bonds. The number of nitrogens with zero attached hydrogens (tertiary/aromatic N) is 5. The van der Waals surface area contributed by atoms with Crippen LogP contribution >= 0.6 is 0 Å². The van der Waals surface area contributed by atoms with Crippen LogP contribution in [0.3, 0.4) is 0 Å². The number of para-hydroxylation sites is 3. The van der Waals surface area contributed by atoms with Gasteiger partial charge >= 0.3 is 0 Å². The van der Waals surface area contributed by atoms with Crippen molar-refractivity contribution < 1.29 is 4.42 Å². The van der Waals surface area contributed by atoms with Crippen molar-refractivity contribution in [3.05, 3.63) is 176 Å². The van der Waals surface area contributed by atoms with Crippen molar-refractivity contribution in [1.82, 2.24) is 24.9 Å². The molecule has 0 atom stereocenters. The van der Waals surface area contributed by atoms with Crippen molar-refractivity contribution in [2.45, 2.75) is 0 Å². The maximum absolute atomic E-state index is 6.07. The highest BCUT2D eigenvalue weighted by molar-refractivity contribution is 6.06. The van der Waals surface area contributed by atoms with Crippen LogP contribution in [0, 0.1) is 0 Å². The number of furan rings is 1. The van der Waals surface area contributed by atoms with Crippen LogP contribution in [0.1, 0.15) is 0 Å². The van der Waals surface area contributed by atoms with Gasteiger partial charge in [-0.25, -0.2) is 24.9 Å². The van der Waals surface area contributed by atoms with E-state index in [0.29, 0.717) is 17.5 Å². The number of hydrogen-bond donors (Lipinski definition) is 0. The smallest absolute Gasteiger partial charge is 0.164 e. The highest BCUT2D eigenvalue weighted by Crippen LogP contribution is 2.36. The number of benzene rings is 7. The first-order valence-corrected chi connectivity index (χ1v) is 17.5. The van der Waals surface area contributed by atoms with Crippen LogP contribution in [0.4, 0.5) is 0 Å². The lowest BCUT2D eigenvalue weighted by Gasteiger charge is -2.12. The molecule has 0 bridgehead atoms. The summed E-state index contributed by atoms with van der Waals surface area (Å²) in [6.45, 7) is 0. The summed E-state index contributed by atoms with van der Waals surface area (Å²) in [4.78, 5) is 25.0. The fourth-order valence-corrected chi connectivity index (χ4v) is 6.84. The molecule has 0 saturated heterocycles. The molecule has 0 fully saturated rings. The maximum Gasteiger partial charge on any atom is 0.164 e. The Hall–Kier alpha value is -7.31. The molecule has 3 heterocycles. The molecule has 10 aromatic rings. The van der Waals surface area contributed by atoms with Gasteiger partial charge in [0, 0.05) is 38.6 Å². The Labute approximate surface area is 305 Å². The van der Waals surface area contributed by atoms with Gasteiger partial charge in [0.15, 0.2) is 17.5 Å². The monoisotopic (exact) mass is 679 g/mol. The Morgan fingerprint density at radius 1 is 0.283 bits per heavy atom. The summed E-state index contributed by atoms with van der Waals surface area (Å²) in [6.07, 6.45) is 0. The van der Waals surface area contributed by atoms with Gasteiger partial charge in [-0.1, -0.05) is 146 Å². The van der Waals surface area contributed by atoms with E-state index in [9.17, 15) is 0 Å². The van der Waals surface area contributed by atoms with Crippen molar-refractivity contribution in [2.75, 3.05) is 0 Å². The minimum atomic E-state index is 0.603. The van der Waals surface area contributed by atoms with Crippen LogP contribution in [0.15, 0.2) is 180 Å². The summed E-state index contributed by atoms with van der Waals surface area (Å²) >= 11 is 0. The predicted molar refractivity (Wildman–Crippen MR) is 213 cm³/mol. The van der Waals surface area contributed by atoms with E-state index in [0.717, 1.165) is 83.3 Å². The van der Waals surface area contributed by atoms with E-state index in [1.54, 1.807) is 0 Å². The largest absolute Gasteiger partial charge is 0.456 e. The zero-order chi connectivity index (χ0) is 35.1. The van der Waals surface area contributed by atoms with Crippen LogP contribution in [0.2, 0.25) is 0 Å². The standard InChI is InChI=1S/C47H29N5O/c1-3-11-33(12-4-1)45-50-46(34-13-5-2-6-14-34)52-47(51-45)35-25-23-32(24-26-35)44-43(48-39-16-8-9-17-40(39)49-44)31-21-19-30(20-22-31)36-27-28-42-38(29-36)37-15-7-10-18-41(37)53-42/h1-29H. The van der Waals surface area contributed by atoms with E-state index in [-0.39, 0.29) is 0 Å². The van der Waals surface area contributed by atoms with Gasteiger partial charge in [-0.2, -0.15) is 0 Å². The summed E-state index contributed by atoms with van der Waals surface area (Å²) in [5.74, 6) is 1.86. The van der Waals surface area contributed by atoms with Crippen molar-refractivity contribution >= 4 is 33.0 Å². The van der Waals surface area contributed by atoms with Gasteiger partial charge in [0.1, 0.15) is 11.2 Å². The average Bonchev–Trinajstić information content (AvgIpc) is 3.62. The van der Waals surface area contributed by atoms with Crippen molar-refractivity contribution in [2.24, 2.45) is 0 Å². The second-order valence-corrected chi connectivity index (χ2v) is 12.9. The van der Waals surface area contributed by atoms with Crippen LogP contribution in [-0.2, 0) is 0 Å². The van der Waals surface area contributed by atoms with E-state index < -0.39 is 0 Å². The summed E-state index contributed by atoms with van der Waals surface area (Å²) in [7, 11) is 0. The lowest BCUT2D eigenvalue weighted by atomic mass is 9.98. The van der Waals surface area contributed by atoms with Crippen LogP contribution in [0.5, 0.6) is 0 Å². The van der Waals surface area contributed by atoms with E-state index in [1.165, 1.54) is 0 Å². The Kier molecular flexibility index (Phi) is 7.36. The molecule has 3 aromatic heterocycles. The first-order chi connectivity index (χ1) is 26.2. The Morgan fingerprint density at radius 3 is 1.26 bits per heavy atom. The van der Waals surface area contributed by atoms with Gasteiger partial charge in [-0.15, -0.1) is 0 Å². The molecule has 0 aliphatic rings. The molecule has 248 valence electrons. The van der Waals surface area contributed by atoms with Crippen molar-refractivity contribution in [1.29, 1.82) is 0 Å². The van der Waals surface area contributed by atoms with E-state index in [2.05, 4.69) is 60.7 Å². The first kappa shape index (κ1) is 30.5. The third-order valence-electron chi connectivity index (χ3n) is 9.55. The van der Waals surface area contributed by atoms with Gasteiger partial charge in [0.2, 0.25) is 0 Å². The fourth-order valence-electron chi connectivity index (χ4n) is 6.84. The number of fused-ring (bicyclic) bond motifs is 4. The van der Waals surface area contributed by atoms with E-state index in [4.69, 9.17) is 29.3 Å². The topological polar surface area (TPSA) is 77.6 Å². The second kappa shape index (κ2) is 12.8. The summed E-state index contributed by atoms with van der Waals surface area (Å²) in [5, 5.41) is 2.23. The molecule has 0 N–H and O–H groups in total. The number of aromatic nitrogens is 5. The summed E-state index contributed by atoms with van der Waals surface area (Å²) < 4.78 is 6.07. The number of hydrogen-bond acceptors (Lipinski definition) is 6. The van der Waals surface area contributed by atoms with E-state index >= 15 is 0 Å². The number of rotatable bonds is 6. The van der Waals surface area contributed by atoms with Crippen LogP contribution in [-0.4, -0.2) is 24.9 Å². The normalized spacial score (nSPS) is 11.4. The highest BCUT2D eigenvalue weighted by Gasteiger charge is 2.16. The molecule has 53 heavy (non-hydrogen) atoms. The lowest BCUT2D eigenvalue weighted by molar-refractivity contribution is 0.669. The third-order valence-corrected chi connectivity index (χ3v) is 9.55. The molecule has 7 aromatic carbocycles. The van der Waals surface area contributed by atoms with Crippen molar-refractivity contribution in [3.8, 4) is 67.8 Å². The molecular weight excluding hydrogens is 651 g/mol. The van der Waals surface area contributed by atoms with Gasteiger partial charge in [0.25, 0.3) is 0 Å². The minimum Gasteiger partial charge on any atom is -0.456 e. The van der Waals surface area contributed by atoms with Gasteiger partial charge < -0.3 is 4.42 Å². The zero-order valence-corrected chi connectivity index (χ0v) is 28.4. The van der Waals surface area contributed by atoms with Gasteiger partial charge in [0.05, 0.1) is 22.4 Å². The average molecular weight is 680 g/mol. The molecule has 0 saturated carbocycles. The Balaban J connectivity index is 1.03. The summed E-state index contributed by atoms with van der Waals surface area (Å²) in [6, 6.07) is 59.4. The lowest BCUT2D eigenvalue weighted by Crippen LogP contribution is -2.00. The van der Waals surface area contributed by atoms with Gasteiger partial charge in [-0.3, -0.25) is 0 Å². The molecular formula is C47H29N5O. The molecule has 0 spiro atoms. The highest BCUT2D eigenvalue weighted by atomic mass is 16.3. The molecule has 0 unspecified atom stereocenters. The van der Waals surface area contributed by atoms with Crippen molar-refractivity contribution in [3.63, 3.8) is 0 Å². The Bertz CT molecular complexity index is 2860. The second-order valence-electron chi connectivity index (χ2n) is 12.9. The molecule has 0 aliphatic heterocycles. The maximum atomic E-state index is 6.07. The SMILES string of the molecule is c1ccc(-c2nc(-c3ccccc3)nc(-c3ccc(-c4nc5ccccc5nc4-c4ccc(-c5ccc6oc7ccccc7c6c5)cc4)cc3)n2)cc1. The van der Waals surface area contributed by atoms with Crippen LogP contribution in [0.25, 0.3) is 101 Å². The third kappa shape index (κ3) is 5.69. The molecule has 0 radical (unpaired) electrons. The van der Waals surface area contributed by atoms with Gasteiger partial charge in [-0.05, 0) is 41.5 Å². The first-order valence-electron chi connectivity index (χ1n) is 17.5. The molecule has 0 aliphatic carbocycles. The quantitative estimate of drug-likeness (QED) is 0.174. The molecule has 10 rings (SSSR count). The predicted octanol–water partition coefficient (Wildman–Crippen LogP) is 11.7. The van der Waals surface area contributed by atoms with E-state index in [1.807, 2.05) is 115 Å².